The Morgan fingerprint density at radius 3 is 2.35 bits per heavy atom. The minimum Gasteiger partial charge on any atom is -0.135 e. The molecule has 0 N–H and O–H groups in total. The van der Waals surface area contributed by atoms with Gasteiger partial charge in [-0.05, 0) is 34.2 Å². The third kappa shape index (κ3) is 1.83. The highest BCUT2D eigenvalue weighted by molar-refractivity contribution is 7.26. The van der Waals surface area contributed by atoms with Crippen LogP contribution < -0.4 is 0 Å². The first kappa shape index (κ1) is 13.1. The lowest BCUT2D eigenvalue weighted by molar-refractivity contribution is 1.15. The number of rotatable bonds is 1. The van der Waals surface area contributed by atoms with Crippen LogP contribution in [-0.2, 0) is 6.42 Å². The molecule has 110 valence electrons. The predicted molar refractivity (Wildman–Crippen MR) is 104 cm³/mol. The molecule has 0 amide bonds. The van der Waals surface area contributed by atoms with Gasteiger partial charge in [-0.1, -0.05) is 67.6 Å². The molecule has 0 nitrogen and oxygen atoms in total. The Kier molecular flexibility index (Phi) is 2.74. The molecule has 0 radical (unpaired) electrons. The maximum atomic E-state index is 2.32. The van der Waals surface area contributed by atoms with Gasteiger partial charge < -0.3 is 0 Å². The van der Waals surface area contributed by atoms with Gasteiger partial charge in [0.1, 0.15) is 0 Å². The maximum absolute atomic E-state index is 2.32. The SMILES string of the molecule is CCc1ccc2c(ccc3c2ccc2c4ccccc4sc23)c1. The first-order chi connectivity index (χ1) is 11.3. The van der Waals surface area contributed by atoms with Gasteiger partial charge in [-0.3, -0.25) is 0 Å². The first-order valence-corrected chi connectivity index (χ1v) is 8.92. The van der Waals surface area contributed by atoms with Crippen LogP contribution in [0, 0.1) is 0 Å². The molecule has 0 bridgehead atoms. The van der Waals surface area contributed by atoms with E-state index in [-0.39, 0.29) is 0 Å². The molecule has 23 heavy (non-hydrogen) atoms. The summed E-state index contributed by atoms with van der Waals surface area (Å²) in [7, 11) is 0. The standard InChI is InChI=1S/C22H16S/c1-2-14-7-9-16-15(13-14)8-10-19-17(16)11-12-20-18-5-3-4-6-21(18)23-22(19)20/h3-13H,2H2,1H3. The monoisotopic (exact) mass is 312 g/mol. The number of hydrogen-bond acceptors (Lipinski definition) is 1. The van der Waals surface area contributed by atoms with Gasteiger partial charge in [0.15, 0.2) is 0 Å². The number of hydrogen-bond donors (Lipinski definition) is 0. The van der Waals surface area contributed by atoms with Crippen LogP contribution >= 0.6 is 11.3 Å². The second kappa shape index (κ2) is 4.81. The molecule has 5 rings (SSSR count). The molecule has 1 heteroatoms. The van der Waals surface area contributed by atoms with Crippen LogP contribution in [0.1, 0.15) is 12.5 Å². The fourth-order valence-electron chi connectivity index (χ4n) is 3.60. The zero-order valence-electron chi connectivity index (χ0n) is 13.0. The van der Waals surface area contributed by atoms with Gasteiger partial charge in [-0.15, -0.1) is 11.3 Å². The molecule has 0 unspecified atom stereocenters. The number of fused-ring (bicyclic) bond motifs is 7. The van der Waals surface area contributed by atoms with Crippen LogP contribution in [0.25, 0.3) is 41.7 Å². The van der Waals surface area contributed by atoms with Crippen molar-refractivity contribution < 1.29 is 0 Å². The summed E-state index contributed by atoms with van der Waals surface area (Å²) < 4.78 is 2.78. The fourth-order valence-corrected chi connectivity index (χ4v) is 4.83. The van der Waals surface area contributed by atoms with Crippen LogP contribution in [0.4, 0.5) is 0 Å². The van der Waals surface area contributed by atoms with Crippen molar-refractivity contribution in [1.29, 1.82) is 0 Å². The molecule has 5 aromatic rings. The van der Waals surface area contributed by atoms with E-state index < -0.39 is 0 Å². The van der Waals surface area contributed by atoms with Crippen LogP contribution in [0.2, 0.25) is 0 Å². The molecule has 0 atom stereocenters. The van der Waals surface area contributed by atoms with Crippen molar-refractivity contribution >= 4 is 53.1 Å². The van der Waals surface area contributed by atoms with Gasteiger partial charge >= 0.3 is 0 Å². The number of aryl methyl sites for hydroxylation is 1. The number of benzene rings is 4. The molecule has 0 fully saturated rings. The fraction of sp³-hybridized carbons (Fsp3) is 0.0909. The van der Waals surface area contributed by atoms with E-state index in [0.717, 1.165) is 6.42 Å². The molecular weight excluding hydrogens is 296 g/mol. The third-order valence-electron chi connectivity index (χ3n) is 4.83. The van der Waals surface area contributed by atoms with E-state index in [1.165, 1.54) is 47.3 Å². The van der Waals surface area contributed by atoms with Gasteiger partial charge in [0, 0.05) is 25.6 Å². The lowest BCUT2D eigenvalue weighted by Gasteiger charge is -2.07. The van der Waals surface area contributed by atoms with E-state index in [4.69, 9.17) is 0 Å². The van der Waals surface area contributed by atoms with Crippen molar-refractivity contribution in [3.8, 4) is 0 Å². The van der Waals surface area contributed by atoms with Gasteiger partial charge in [0.05, 0.1) is 0 Å². The normalized spacial score (nSPS) is 11.9. The molecule has 0 aliphatic rings. The topological polar surface area (TPSA) is 0 Å². The Balaban J connectivity index is 1.96. The molecule has 0 spiro atoms. The molecule has 1 heterocycles. The quantitative estimate of drug-likeness (QED) is 0.295. The highest BCUT2D eigenvalue weighted by Gasteiger charge is 2.09. The largest absolute Gasteiger partial charge is 0.135 e. The average molecular weight is 312 g/mol. The van der Waals surface area contributed by atoms with Gasteiger partial charge in [-0.25, -0.2) is 0 Å². The molecule has 4 aromatic carbocycles. The van der Waals surface area contributed by atoms with E-state index in [1.54, 1.807) is 0 Å². The molecule has 0 aliphatic heterocycles. The van der Waals surface area contributed by atoms with E-state index in [0.29, 0.717) is 0 Å². The summed E-state index contributed by atoms with van der Waals surface area (Å²) in [5, 5.41) is 8.19. The Labute approximate surface area is 139 Å². The van der Waals surface area contributed by atoms with Crippen LogP contribution in [-0.4, -0.2) is 0 Å². The van der Waals surface area contributed by atoms with Crippen LogP contribution in [0.5, 0.6) is 0 Å². The second-order valence-corrected chi connectivity index (χ2v) is 7.16. The Morgan fingerprint density at radius 1 is 0.696 bits per heavy atom. The predicted octanol–water partition coefficient (Wildman–Crippen LogP) is 6.92. The zero-order valence-corrected chi connectivity index (χ0v) is 13.8. The maximum Gasteiger partial charge on any atom is 0.0434 e. The molecule has 0 aliphatic carbocycles. The molecule has 0 saturated carbocycles. The third-order valence-corrected chi connectivity index (χ3v) is 6.05. The van der Waals surface area contributed by atoms with Crippen molar-refractivity contribution in [3.63, 3.8) is 0 Å². The van der Waals surface area contributed by atoms with Crippen molar-refractivity contribution in [3.05, 3.63) is 72.3 Å². The highest BCUT2D eigenvalue weighted by Crippen LogP contribution is 2.40. The van der Waals surface area contributed by atoms with E-state index in [9.17, 15) is 0 Å². The summed E-state index contributed by atoms with van der Waals surface area (Å²) in [5.74, 6) is 0. The second-order valence-electron chi connectivity index (χ2n) is 6.11. The van der Waals surface area contributed by atoms with E-state index in [2.05, 4.69) is 73.7 Å². The van der Waals surface area contributed by atoms with Crippen LogP contribution in [0.15, 0.2) is 66.7 Å². The van der Waals surface area contributed by atoms with E-state index in [1.807, 2.05) is 11.3 Å². The summed E-state index contributed by atoms with van der Waals surface area (Å²) in [6.45, 7) is 2.21. The molecule has 0 saturated heterocycles. The summed E-state index contributed by atoms with van der Waals surface area (Å²) in [5.41, 5.74) is 1.40. The van der Waals surface area contributed by atoms with Crippen molar-refractivity contribution in [2.75, 3.05) is 0 Å². The molecular formula is C22H16S. The van der Waals surface area contributed by atoms with Gasteiger partial charge in [-0.2, -0.15) is 0 Å². The summed E-state index contributed by atoms with van der Waals surface area (Å²) in [4.78, 5) is 0. The minimum absolute atomic E-state index is 1.09. The molecule has 1 aromatic heterocycles. The summed E-state index contributed by atoms with van der Waals surface area (Å²) >= 11 is 1.91. The average Bonchev–Trinajstić information content (AvgIpc) is 2.99. The van der Waals surface area contributed by atoms with E-state index >= 15 is 0 Å². The van der Waals surface area contributed by atoms with Crippen molar-refractivity contribution in [1.82, 2.24) is 0 Å². The van der Waals surface area contributed by atoms with Crippen LogP contribution in [0.3, 0.4) is 0 Å². The Hall–Kier alpha value is -2.38. The zero-order chi connectivity index (χ0) is 15.4. The first-order valence-electron chi connectivity index (χ1n) is 8.11. The number of thiophene rings is 1. The lowest BCUT2D eigenvalue weighted by atomic mass is 9.98. The summed E-state index contributed by atoms with van der Waals surface area (Å²) in [6, 6.07) is 24.8. The Morgan fingerprint density at radius 2 is 1.43 bits per heavy atom. The smallest absolute Gasteiger partial charge is 0.0434 e. The van der Waals surface area contributed by atoms with Gasteiger partial charge in [0.25, 0.3) is 0 Å². The van der Waals surface area contributed by atoms with Crippen molar-refractivity contribution in [2.24, 2.45) is 0 Å². The van der Waals surface area contributed by atoms with Gasteiger partial charge in [0.2, 0.25) is 0 Å². The van der Waals surface area contributed by atoms with Crippen molar-refractivity contribution in [2.45, 2.75) is 13.3 Å². The highest BCUT2D eigenvalue weighted by atomic mass is 32.1. The summed E-state index contributed by atoms with van der Waals surface area (Å²) in [6.07, 6.45) is 1.09. The lowest BCUT2D eigenvalue weighted by Crippen LogP contribution is -1.82. The minimum atomic E-state index is 1.09. The Bertz CT molecular complexity index is 1190.